The molecule has 0 aliphatic rings. The number of carbonyl (C=O) groups excluding carboxylic acids is 1. The van der Waals surface area contributed by atoms with Crippen molar-refractivity contribution in [3.63, 3.8) is 0 Å². The summed E-state index contributed by atoms with van der Waals surface area (Å²) in [4.78, 5) is 13.1. The molecule has 2 N–H and O–H groups in total. The average molecular weight is 645 g/mol. The quantitative estimate of drug-likeness (QED) is 0.134. The first kappa shape index (κ1) is 33.4. The number of nitrogens with one attached hydrogen (secondary N) is 1. The van der Waals surface area contributed by atoms with Gasteiger partial charge in [0.2, 0.25) is 0 Å². The molecular formula is C35H34Cl2F3NO3. The van der Waals surface area contributed by atoms with Crippen LogP contribution in [0.2, 0.25) is 10.0 Å². The van der Waals surface area contributed by atoms with Gasteiger partial charge in [-0.2, -0.15) is 13.2 Å². The molecule has 0 aliphatic heterocycles. The second-order valence-electron chi connectivity index (χ2n) is 10.6. The van der Waals surface area contributed by atoms with Gasteiger partial charge in [-0.05, 0) is 78.1 Å². The van der Waals surface area contributed by atoms with Gasteiger partial charge in [0.25, 0.3) is 5.91 Å². The lowest BCUT2D eigenvalue weighted by Gasteiger charge is -2.14. The van der Waals surface area contributed by atoms with Gasteiger partial charge in [0.05, 0.1) is 12.2 Å². The summed E-state index contributed by atoms with van der Waals surface area (Å²) in [6.07, 6.45) is 1.38. The van der Waals surface area contributed by atoms with Crippen LogP contribution in [0.1, 0.15) is 60.0 Å². The zero-order valence-corrected chi connectivity index (χ0v) is 25.6. The van der Waals surface area contributed by atoms with Crippen molar-refractivity contribution in [2.45, 2.75) is 51.3 Å². The molecule has 4 aromatic carbocycles. The minimum Gasteiger partial charge on any atom is -0.507 e. The van der Waals surface area contributed by atoms with Crippen LogP contribution >= 0.6 is 23.2 Å². The van der Waals surface area contributed by atoms with E-state index in [1.165, 1.54) is 12.1 Å². The molecule has 0 heterocycles. The van der Waals surface area contributed by atoms with E-state index in [1.54, 1.807) is 48.5 Å². The summed E-state index contributed by atoms with van der Waals surface area (Å²) in [6.45, 7) is 1.37. The van der Waals surface area contributed by atoms with Crippen molar-refractivity contribution in [1.29, 1.82) is 0 Å². The molecule has 0 saturated heterocycles. The maximum atomic E-state index is 13.1. The molecule has 4 nitrogen and oxygen atoms in total. The first-order valence-electron chi connectivity index (χ1n) is 14.5. The Hall–Kier alpha value is -3.52. The fourth-order valence-electron chi connectivity index (χ4n) is 4.84. The van der Waals surface area contributed by atoms with E-state index in [2.05, 4.69) is 5.32 Å². The Morgan fingerprint density at radius 2 is 1.30 bits per heavy atom. The maximum absolute atomic E-state index is 13.1. The standard InChI is InChI=1S/C35H34Cl2F3NO3/c36-29-11-7-9-25(19-29)31-21-27(22-32(33(31)42)26-10-8-12-30(37)20-26)34(43)41-17-5-3-1-2-4-6-18-44-23-24-13-15-28(16-14-24)35(38,39)40/h7-16,19-22,42H,1-6,17-18,23H2,(H,41,43). The highest BCUT2D eigenvalue weighted by molar-refractivity contribution is 6.31. The predicted octanol–water partition coefficient (Wildman–Crippen LogP) is 10.3. The number of aromatic hydroxyl groups is 1. The second kappa shape index (κ2) is 16.0. The van der Waals surface area contributed by atoms with E-state index >= 15 is 0 Å². The smallest absolute Gasteiger partial charge is 0.416 e. The SMILES string of the molecule is O=C(NCCCCCCCCOCc1ccc(C(F)(F)F)cc1)c1cc(-c2cccc(Cl)c2)c(O)c(-c2cccc(Cl)c2)c1. The summed E-state index contributed by atoms with van der Waals surface area (Å²) in [7, 11) is 0. The molecule has 4 aromatic rings. The van der Waals surface area contributed by atoms with E-state index < -0.39 is 11.7 Å². The van der Waals surface area contributed by atoms with Crippen LogP contribution in [0.15, 0.2) is 84.9 Å². The van der Waals surface area contributed by atoms with Crippen LogP contribution in [0.4, 0.5) is 13.2 Å². The van der Waals surface area contributed by atoms with Gasteiger partial charge in [-0.1, -0.05) is 85.3 Å². The van der Waals surface area contributed by atoms with Crippen LogP contribution in [-0.2, 0) is 17.5 Å². The number of phenolic OH excluding ortho intramolecular Hbond substituents is 1. The summed E-state index contributed by atoms with van der Waals surface area (Å²) in [5.41, 5.74) is 2.86. The first-order chi connectivity index (χ1) is 21.1. The van der Waals surface area contributed by atoms with E-state index in [0.29, 0.717) is 63.2 Å². The molecule has 44 heavy (non-hydrogen) atoms. The third kappa shape index (κ3) is 9.74. The topological polar surface area (TPSA) is 58.6 Å². The van der Waals surface area contributed by atoms with Crippen molar-refractivity contribution >= 4 is 29.1 Å². The van der Waals surface area contributed by atoms with Crippen molar-refractivity contribution in [3.05, 3.63) is 112 Å². The normalized spacial score (nSPS) is 11.5. The van der Waals surface area contributed by atoms with Gasteiger partial charge in [0, 0.05) is 39.9 Å². The van der Waals surface area contributed by atoms with Gasteiger partial charge < -0.3 is 15.2 Å². The number of halogens is 5. The number of hydrogen-bond acceptors (Lipinski definition) is 3. The van der Waals surface area contributed by atoms with Gasteiger partial charge >= 0.3 is 6.18 Å². The van der Waals surface area contributed by atoms with E-state index in [0.717, 1.165) is 50.7 Å². The summed E-state index contributed by atoms with van der Waals surface area (Å²) in [6, 6.07) is 22.6. The predicted molar refractivity (Wildman–Crippen MR) is 170 cm³/mol. The van der Waals surface area contributed by atoms with Crippen molar-refractivity contribution in [3.8, 4) is 28.0 Å². The number of phenols is 1. The van der Waals surface area contributed by atoms with Crippen molar-refractivity contribution in [2.24, 2.45) is 0 Å². The van der Waals surface area contributed by atoms with Crippen molar-refractivity contribution in [1.82, 2.24) is 5.32 Å². The molecule has 0 fully saturated rings. The van der Waals surface area contributed by atoms with E-state index in [-0.39, 0.29) is 11.7 Å². The highest BCUT2D eigenvalue weighted by Gasteiger charge is 2.29. The number of benzene rings is 4. The molecule has 232 valence electrons. The molecule has 9 heteroatoms. The third-order valence-corrected chi connectivity index (χ3v) is 7.66. The zero-order valence-electron chi connectivity index (χ0n) is 24.1. The van der Waals surface area contributed by atoms with Gasteiger partial charge in [-0.3, -0.25) is 4.79 Å². The molecular weight excluding hydrogens is 610 g/mol. The number of rotatable bonds is 14. The molecule has 0 aliphatic carbocycles. The van der Waals surface area contributed by atoms with Gasteiger partial charge in [0.1, 0.15) is 5.75 Å². The number of ether oxygens (including phenoxy) is 1. The molecule has 0 atom stereocenters. The largest absolute Gasteiger partial charge is 0.507 e. The van der Waals surface area contributed by atoms with E-state index in [1.807, 2.05) is 12.1 Å². The molecule has 4 rings (SSSR count). The summed E-state index contributed by atoms with van der Waals surface area (Å²) in [5, 5.41) is 15.2. The number of alkyl halides is 3. The molecule has 0 bridgehead atoms. The van der Waals surface area contributed by atoms with Gasteiger partial charge in [-0.15, -0.1) is 0 Å². The molecule has 1 amide bonds. The second-order valence-corrected chi connectivity index (χ2v) is 11.4. The minimum atomic E-state index is -4.33. The van der Waals surface area contributed by atoms with Crippen molar-refractivity contribution in [2.75, 3.05) is 13.2 Å². The Kier molecular flexibility index (Phi) is 12.1. The number of amides is 1. The van der Waals surface area contributed by atoms with Crippen LogP contribution in [0.5, 0.6) is 5.75 Å². The van der Waals surface area contributed by atoms with Crippen LogP contribution in [0.3, 0.4) is 0 Å². The Morgan fingerprint density at radius 3 is 1.84 bits per heavy atom. The van der Waals surface area contributed by atoms with Crippen LogP contribution < -0.4 is 5.32 Å². The highest BCUT2D eigenvalue weighted by atomic mass is 35.5. The maximum Gasteiger partial charge on any atom is 0.416 e. The monoisotopic (exact) mass is 643 g/mol. The first-order valence-corrected chi connectivity index (χ1v) is 15.3. The van der Waals surface area contributed by atoms with Gasteiger partial charge in [-0.25, -0.2) is 0 Å². The number of hydrogen-bond donors (Lipinski definition) is 2. The third-order valence-electron chi connectivity index (χ3n) is 7.19. The lowest BCUT2D eigenvalue weighted by molar-refractivity contribution is -0.137. The summed E-state index contributed by atoms with van der Waals surface area (Å²) < 4.78 is 43.5. The number of unbranched alkanes of at least 4 members (excludes halogenated alkanes) is 5. The fraction of sp³-hybridized carbons (Fsp3) is 0.286. The van der Waals surface area contributed by atoms with E-state index in [9.17, 15) is 23.1 Å². The Bertz CT molecular complexity index is 1470. The zero-order chi connectivity index (χ0) is 31.5. The molecule has 0 saturated carbocycles. The molecule has 0 unspecified atom stereocenters. The minimum absolute atomic E-state index is 0.0380. The lowest BCUT2D eigenvalue weighted by atomic mass is 9.94. The van der Waals surface area contributed by atoms with E-state index in [4.69, 9.17) is 27.9 Å². The lowest BCUT2D eigenvalue weighted by Crippen LogP contribution is -2.24. The fourth-order valence-corrected chi connectivity index (χ4v) is 5.22. The van der Waals surface area contributed by atoms with Crippen LogP contribution in [-0.4, -0.2) is 24.2 Å². The molecule has 0 aromatic heterocycles. The van der Waals surface area contributed by atoms with Crippen LogP contribution in [0, 0.1) is 0 Å². The summed E-state index contributed by atoms with van der Waals surface area (Å²) >= 11 is 12.4. The van der Waals surface area contributed by atoms with Crippen LogP contribution in [0.25, 0.3) is 22.3 Å². The van der Waals surface area contributed by atoms with Gasteiger partial charge in [0.15, 0.2) is 0 Å². The molecule has 0 radical (unpaired) electrons. The Balaban J connectivity index is 1.21. The Morgan fingerprint density at radius 1 is 0.750 bits per heavy atom. The number of carbonyl (C=O) groups is 1. The average Bonchev–Trinajstić information content (AvgIpc) is 2.99. The summed E-state index contributed by atoms with van der Waals surface area (Å²) in [5.74, 6) is -0.196. The molecule has 0 spiro atoms. The van der Waals surface area contributed by atoms with Crippen molar-refractivity contribution < 1.29 is 27.8 Å². The highest BCUT2D eigenvalue weighted by Crippen LogP contribution is 2.40. The Labute approximate surface area is 265 Å².